The molecule has 0 radical (unpaired) electrons. The molecule has 2 aromatic carbocycles. The summed E-state index contributed by atoms with van der Waals surface area (Å²) >= 11 is 0. The average Bonchev–Trinajstić information content (AvgIpc) is 3.13. The predicted molar refractivity (Wildman–Crippen MR) is 140 cm³/mol. The number of anilines is 1. The van der Waals surface area contributed by atoms with Gasteiger partial charge in [0.25, 0.3) is 20.2 Å². The van der Waals surface area contributed by atoms with Crippen LogP contribution < -0.4 is 4.90 Å². The van der Waals surface area contributed by atoms with Crippen LogP contribution in [0, 0.1) is 0 Å². The van der Waals surface area contributed by atoms with Crippen LogP contribution in [-0.2, 0) is 31.1 Å². The summed E-state index contributed by atoms with van der Waals surface area (Å²) in [5.41, 5.74) is 3.74. The zero-order valence-corrected chi connectivity index (χ0v) is 22.2. The van der Waals surface area contributed by atoms with Gasteiger partial charge < -0.3 is 4.90 Å². The highest BCUT2D eigenvalue weighted by atomic mass is 32.2. The Morgan fingerprint density at radius 3 is 2.00 bits per heavy atom. The van der Waals surface area contributed by atoms with Crippen LogP contribution >= 0.6 is 0 Å². The van der Waals surface area contributed by atoms with Crippen LogP contribution in [0.5, 0.6) is 0 Å². The van der Waals surface area contributed by atoms with Crippen LogP contribution in [-0.4, -0.2) is 38.7 Å². The molecule has 0 spiro atoms. The fraction of sp³-hybridized carbons (Fsp3) is 0.269. The first kappa shape index (κ1) is 26.0. The van der Waals surface area contributed by atoms with Crippen molar-refractivity contribution >= 4 is 37.3 Å². The van der Waals surface area contributed by atoms with Gasteiger partial charge in [-0.25, -0.2) is 0 Å². The van der Waals surface area contributed by atoms with Crippen molar-refractivity contribution in [3.63, 3.8) is 0 Å². The average molecular weight is 529 g/mol. The van der Waals surface area contributed by atoms with Gasteiger partial charge in [0.1, 0.15) is 0 Å². The fourth-order valence-electron chi connectivity index (χ4n) is 4.76. The number of nitrogens with zero attached hydrogens (tertiary/aromatic N) is 2. The van der Waals surface area contributed by atoms with Crippen molar-refractivity contribution in [3.05, 3.63) is 83.6 Å². The summed E-state index contributed by atoms with van der Waals surface area (Å²) in [7, 11) is -6.69. The molecule has 0 saturated carbocycles. The van der Waals surface area contributed by atoms with E-state index in [1.54, 1.807) is 12.1 Å². The molecule has 0 atom stereocenters. The van der Waals surface area contributed by atoms with E-state index in [-0.39, 0.29) is 9.79 Å². The lowest BCUT2D eigenvalue weighted by Crippen LogP contribution is -2.24. The van der Waals surface area contributed by atoms with Gasteiger partial charge in [-0.2, -0.15) is 16.8 Å². The largest absolute Gasteiger partial charge is 0.347 e. The Morgan fingerprint density at radius 1 is 0.806 bits per heavy atom. The first-order chi connectivity index (χ1) is 16.5. The van der Waals surface area contributed by atoms with Gasteiger partial charge >= 0.3 is 0 Å². The minimum atomic E-state index is -4.30. The monoisotopic (exact) mass is 528 g/mol. The Kier molecular flexibility index (Phi) is 6.16. The van der Waals surface area contributed by atoms with Gasteiger partial charge in [-0.1, -0.05) is 45.9 Å². The molecule has 0 aliphatic carbocycles. The highest BCUT2D eigenvalue weighted by Gasteiger charge is 2.39. The molecule has 190 valence electrons. The van der Waals surface area contributed by atoms with Gasteiger partial charge in [-0.15, -0.1) is 0 Å². The van der Waals surface area contributed by atoms with Crippen molar-refractivity contribution in [2.24, 2.45) is 4.99 Å². The van der Waals surface area contributed by atoms with E-state index in [9.17, 15) is 25.9 Å². The minimum absolute atomic E-state index is 0.132. The van der Waals surface area contributed by atoms with E-state index in [1.807, 2.05) is 70.0 Å². The van der Waals surface area contributed by atoms with Crippen molar-refractivity contribution < 1.29 is 25.9 Å². The summed E-state index contributed by atoms with van der Waals surface area (Å²) in [6.45, 7) is 7.87. The SMILES string of the molecule is CN1/C(=C/C=C/C=C/C2=Nc3ccc(S(=O)(=O)O)cc3C2(C)C)C(C)(C)c2cc(S(=O)(=O)O)ccc21. The van der Waals surface area contributed by atoms with Gasteiger partial charge in [0.2, 0.25) is 0 Å². The molecule has 0 aromatic heterocycles. The molecule has 2 aliphatic heterocycles. The third kappa shape index (κ3) is 4.45. The first-order valence-corrected chi connectivity index (χ1v) is 14.0. The van der Waals surface area contributed by atoms with Gasteiger partial charge in [-0.3, -0.25) is 14.1 Å². The van der Waals surface area contributed by atoms with Gasteiger partial charge in [0, 0.05) is 29.3 Å². The predicted octanol–water partition coefficient (Wildman–Crippen LogP) is 4.97. The lowest BCUT2D eigenvalue weighted by Gasteiger charge is -2.23. The number of fused-ring (bicyclic) bond motifs is 2. The van der Waals surface area contributed by atoms with Crippen LogP contribution in [0.4, 0.5) is 11.4 Å². The molecule has 0 bridgehead atoms. The summed E-state index contributed by atoms with van der Waals surface area (Å²) in [5.74, 6) is 0. The van der Waals surface area contributed by atoms with Crippen molar-refractivity contribution in [1.29, 1.82) is 0 Å². The summed E-state index contributed by atoms with van der Waals surface area (Å²) in [6.07, 6.45) is 9.39. The maximum atomic E-state index is 11.6. The fourth-order valence-corrected chi connectivity index (χ4v) is 5.77. The number of likely N-dealkylation sites (N-methyl/N-ethyl adjacent to an activating group) is 1. The van der Waals surface area contributed by atoms with Crippen molar-refractivity contribution in [2.45, 2.75) is 48.3 Å². The van der Waals surface area contributed by atoms with Gasteiger partial charge in [0.15, 0.2) is 0 Å². The van der Waals surface area contributed by atoms with E-state index in [0.717, 1.165) is 28.2 Å². The molecule has 0 unspecified atom stereocenters. The molecule has 0 amide bonds. The second-order valence-electron chi connectivity index (χ2n) is 9.91. The summed E-state index contributed by atoms with van der Waals surface area (Å²) in [5, 5.41) is 0. The highest BCUT2D eigenvalue weighted by molar-refractivity contribution is 7.86. The van der Waals surface area contributed by atoms with Crippen LogP contribution in [0.2, 0.25) is 0 Å². The van der Waals surface area contributed by atoms with E-state index in [4.69, 9.17) is 0 Å². The quantitative estimate of drug-likeness (QED) is 0.415. The molecular weight excluding hydrogens is 500 g/mol. The van der Waals surface area contributed by atoms with Crippen LogP contribution in [0.15, 0.2) is 87.3 Å². The molecule has 2 aliphatic rings. The standard InChI is InChI=1S/C26H28N2O6S2/c1-25(2)19-15-17(35(29,30)31)11-13-21(19)27-23(25)9-7-6-8-10-24-26(3,4)20-16-18(36(32,33)34)12-14-22(20)28(24)5/h6-16H,1-5H3,(H,29,30,31)(H,32,33,34)/b8-6+,9-7+,24-10+. The summed E-state index contributed by atoms with van der Waals surface area (Å²) in [6, 6.07) is 8.97. The Hall–Kier alpha value is -3.05. The molecule has 36 heavy (non-hydrogen) atoms. The van der Waals surface area contributed by atoms with Crippen LogP contribution in [0.25, 0.3) is 0 Å². The minimum Gasteiger partial charge on any atom is -0.347 e. The molecule has 10 heteroatoms. The second kappa shape index (κ2) is 8.52. The Balaban J connectivity index is 1.56. The van der Waals surface area contributed by atoms with Crippen LogP contribution in [0.3, 0.4) is 0 Å². The Labute approximate surface area is 211 Å². The summed E-state index contributed by atoms with van der Waals surface area (Å²) in [4.78, 5) is 6.32. The Bertz CT molecular complexity index is 1590. The van der Waals surface area contributed by atoms with E-state index in [0.29, 0.717) is 5.69 Å². The smallest absolute Gasteiger partial charge is 0.294 e. The number of aliphatic imine (C=N–C) groups is 1. The zero-order chi connectivity index (χ0) is 26.7. The summed E-state index contributed by atoms with van der Waals surface area (Å²) < 4.78 is 65.1. The van der Waals surface area contributed by atoms with Gasteiger partial charge in [0.05, 0.1) is 21.2 Å². The molecule has 2 aromatic rings. The van der Waals surface area contributed by atoms with E-state index < -0.39 is 31.1 Å². The lowest BCUT2D eigenvalue weighted by atomic mass is 9.81. The topological polar surface area (TPSA) is 124 Å². The molecular formula is C26H28N2O6S2. The highest BCUT2D eigenvalue weighted by Crippen LogP contribution is 2.47. The second-order valence-corrected chi connectivity index (χ2v) is 12.8. The number of rotatable bonds is 5. The Morgan fingerprint density at radius 2 is 1.39 bits per heavy atom. The molecule has 8 nitrogen and oxygen atoms in total. The maximum absolute atomic E-state index is 11.6. The number of benzene rings is 2. The third-order valence-corrected chi connectivity index (χ3v) is 8.55. The maximum Gasteiger partial charge on any atom is 0.294 e. The molecule has 4 rings (SSSR count). The molecule has 2 N–H and O–H groups in total. The van der Waals surface area contributed by atoms with Crippen molar-refractivity contribution in [2.75, 3.05) is 11.9 Å². The lowest BCUT2D eigenvalue weighted by molar-refractivity contribution is 0.480. The van der Waals surface area contributed by atoms with Crippen molar-refractivity contribution in [1.82, 2.24) is 0 Å². The molecule has 2 heterocycles. The van der Waals surface area contributed by atoms with E-state index >= 15 is 0 Å². The number of hydrogen-bond acceptors (Lipinski definition) is 6. The zero-order valence-electron chi connectivity index (χ0n) is 20.6. The molecule has 0 saturated heterocycles. The van der Waals surface area contributed by atoms with Crippen LogP contribution in [0.1, 0.15) is 38.8 Å². The third-order valence-electron chi connectivity index (χ3n) is 6.85. The number of hydrogen-bond donors (Lipinski definition) is 2. The number of allylic oxidation sites excluding steroid dienone is 6. The normalized spacial score (nSPS) is 19.8. The van der Waals surface area contributed by atoms with Crippen molar-refractivity contribution in [3.8, 4) is 0 Å². The molecule has 0 fully saturated rings. The van der Waals surface area contributed by atoms with E-state index in [2.05, 4.69) is 4.99 Å². The first-order valence-electron chi connectivity index (χ1n) is 11.2. The van der Waals surface area contributed by atoms with Gasteiger partial charge in [-0.05, 0) is 59.7 Å². The van der Waals surface area contributed by atoms with E-state index in [1.165, 1.54) is 24.3 Å².